The molecule has 22 heavy (non-hydrogen) atoms. The Hall–Kier alpha value is 0.924. The molecule has 0 radical (unpaired) electrons. The number of rotatable bonds is 9. The molecule has 0 fully saturated rings. The summed E-state index contributed by atoms with van der Waals surface area (Å²) in [5, 5.41) is 0. The van der Waals surface area contributed by atoms with Gasteiger partial charge in [0, 0.05) is 0 Å². The highest BCUT2D eigenvalue weighted by molar-refractivity contribution is 6.86. The fourth-order valence-corrected chi connectivity index (χ4v) is 22.7. The first-order valence-corrected chi connectivity index (χ1v) is 22.2. The van der Waals surface area contributed by atoms with Crippen LogP contribution in [0, 0.1) is 0 Å². The molecular formula is C13H38O4Si5. The first-order valence-electron chi connectivity index (χ1n) is 8.18. The Kier molecular flexibility index (Phi) is 8.20. The normalized spacial score (nSPS) is 15.0. The molecule has 0 spiro atoms. The number of hydrogen-bond acceptors (Lipinski definition) is 4. The first-order chi connectivity index (χ1) is 9.43. The third-order valence-electron chi connectivity index (χ3n) is 2.45. The van der Waals surface area contributed by atoms with Gasteiger partial charge in [0.05, 0.1) is 0 Å². The Morgan fingerprint density at radius 1 is 0.591 bits per heavy atom. The van der Waals surface area contributed by atoms with Gasteiger partial charge in [0.2, 0.25) is 0 Å². The highest BCUT2D eigenvalue weighted by atomic mass is 28.5. The van der Waals surface area contributed by atoms with Gasteiger partial charge in [-0.15, -0.1) is 0 Å². The minimum Gasteiger partial charge on any atom is -0.437 e. The molecule has 0 aromatic heterocycles. The van der Waals surface area contributed by atoms with Crippen molar-refractivity contribution in [2.75, 3.05) is 0 Å². The Morgan fingerprint density at radius 3 is 1.05 bits per heavy atom. The third kappa shape index (κ3) is 11.5. The SMILES string of the molecule is CC(C)[SiH](O[Si](C)(C)O[Si](C)(C)C)O[Si](C)(C)O[Si](C)(C)C. The molecule has 0 N–H and O–H groups in total. The lowest BCUT2D eigenvalue weighted by Crippen LogP contribution is -2.54. The van der Waals surface area contributed by atoms with Crippen LogP contribution in [0.25, 0.3) is 0 Å². The van der Waals surface area contributed by atoms with E-state index in [-0.39, 0.29) is 0 Å². The van der Waals surface area contributed by atoms with Crippen molar-refractivity contribution in [3.05, 3.63) is 0 Å². The molecule has 0 saturated heterocycles. The van der Waals surface area contributed by atoms with Crippen LogP contribution in [0.2, 0.25) is 71.0 Å². The molecule has 0 saturated carbocycles. The third-order valence-corrected chi connectivity index (χ3v) is 18.8. The minimum absolute atomic E-state index is 0.411. The van der Waals surface area contributed by atoms with Gasteiger partial charge < -0.3 is 16.5 Å². The molecule has 0 aromatic rings. The Bertz CT molecular complexity index is 317. The van der Waals surface area contributed by atoms with Crippen LogP contribution >= 0.6 is 0 Å². The lowest BCUT2D eigenvalue weighted by Gasteiger charge is -2.39. The summed E-state index contributed by atoms with van der Waals surface area (Å²) >= 11 is 0. The van der Waals surface area contributed by atoms with Gasteiger partial charge in [0.1, 0.15) is 0 Å². The quantitative estimate of drug-likeness (QED) is 0.525. The van der Waals surface area contributed by atoms with E-state index in [1.807, 2.05) is 0 Å². The number of hydrogen-bond donors (Lipinski definition) is 0. The van der Waals surface area contributed by atoms with Gasteiger partial charge >= 0.3 is 26.4 Å². The van der Waals surface area contributed by atoms with Crippen LogP contribution in [0.1, 0.15) is 13.8 Å². The molecular weight excluding hydrogens is 361 g/mol. The van der Waals surface area contributed by atoms with Gasteiger partial charge in [-0.05, 0) is 71.0 Å². The van der Waals surface area contributed by atoms with Crippen LogP contribution in [-0.2, 0) is 16.5 Å². The predicted molar refractivity (Wildman–Crippen MR) is 108 cm³/mol. The van der Waals surface area contributed by atoms with E-state index < -0.39 is 43.0 Å². The maximum atomic E-state index is 6.46. The van der Waals surface area contributed by atoms with Gasteiger partial charge in [-0.1, -0.05) is 13.8 Å². The molecule has 0 aliphatic heterocycles. The molecule has 0 atom stereocenters. The van der Waals surface area contributed by atoms with Crippen LogP contribution in [0.3, 0.4) is 0 Å². The first kappa shape index (κ1) is 22.9. The molecule has 0 aliphatic rings. The van der Waals surface area contributed by atoms with Crippen molar-refractivity contribution in [1.82, 2.24) is 0 Å². The molecule has 0 aliphatic carbocycles. The summed E-state index contributed by atoms with van der Waals surface area (Å²) < 4.78 is 25.6. The monoisotopic (exact) mass is 398 g/mol. The zero-order valence-electron chi connectivity index (χ0n) is 16.8. The van der Waals surface area contributed by atoms with Gasteiger partial charge in [-0.25, -0.2) is 0 Å². The lowest BCUT2D eigenvalue weighted by atomic mass is 10.6. The van der Waals surface area contributed by atoms with E-state index in [4.69, 9.17) is 16.5 Å². The van der Waals surface area contributed by atoms with Crippen molar-refractivity contribution >= 4 is 43.0 Å². The van der Waals surface area contributed by atoms with Crippen molar-refractivity contribution in [2.24, 2.45) is 0 Å². The second-order valence-corrected chi connectivity index (χ2v) is 28.7. The summed E-state index contributed by atoms with van der Waals surface area (Å²) in [6, 6.07) is 0. The van der Waals surface area contributed by atoms with Crippen LogP contribution in [-0.4, -0.2) is 43.0 Å². The molecule has 0 unspecified atom stereocenters. The molecule has 0 heterocycles. The van der Waals surface area contributed by atoms with Gasteiger partial charge in [0.25, 0.3) is 0 Å². The Morgan fingerprint density at radius 2 is 0.864 bits per heavy atom. The van der Waals surface area contributed by atoms with Crippen LogP contribution in [0.15, 0.2) is 0 Å². The average Bonchev–Trinajstić information content (AvgIpc) is 2.05. The molecule has 9 heteroatoms. The molecule has 134 valence electrons. The zero-order chi connectivity index (χ0) is 18.0. The molecule has 0 amide bonds. The summed E-state index contributed by atoms with van der Waals surface area (Å²) in [5.74, 6) is 0. The fraction of sp³-hybridized carbons (Fsp3) is 1.00. The van der Waals surface area contributed by atoms with Gasteiger partial charge in [-0.2, -0.15) is 0 Å². The van der Waals surface area contributed by atoms with E-state index in [1.54, 1.807) is 0 Å². The van der Waals surface area contributed by atoms with Crippen LogP contribution < -0.4 is 0 Å². The van der Waals surface area contributed by atoms with Crippen LogP contribution in [0.4, 0.5) is 0 Å². The summed E-state index contributed by atoms with van der Waals surface area (Å²) in [7, 11) is -9.31. The van der Waals surface area contributed by atoms with E-state index in [0.29, 0.717) is 5.54 Å². The highest BCUT2D eigenvalue weighted by Crippen LogP contribution is 2.25. The topological polar surface area (TPSA) is 36.9 Å². The van der Waals surface area contributed by atoms with Crippen LogP contribution in [0.5, 0.6) is 0 Å². The van der Waals surface area contributed by atoms with E-state index in [0.717, 1.165) is 0 Å². The van der Waals surface area contributed by atoms with Crippen molar-refractivity contribution in [1.29, 1.82) is 0 Å². The second-order valence-electron chi connectivity index (χ2n) is 9.08. The Balaban J connectivity index is 4.95. The smallest absolute Gasteiger partial charge is 0.312 e. The molecule has 0 aromatic carbocycles. The van der Waals surface area contributed by atoms with Crippen molar-refractivity contribution in [3.8, 4) is 0 Å². The minimum atomic E-state index is -2.15. The highest BCUT2D eigenvalue weighted by Gasteiger charge is 2.40. The van der Waals surface area contributed by atoms with Crippen molar-refractivity contribution in [2.45, 2.75) is 84.9 Å². The van der Waals surface area contributed by atoms with Crippen molar-refractivity contribution in [3.63, 3.8) is 0 Å². The van der Waals surface area contributed by atoms with Gasteiger partial charge in [-0.3, -0.25) is 0 Å². The Labute approximate surface area is 144 Å². The maximum absolute atomic E-state index is 6.46. The average molecular weight is 399 g/mol. The standard InChI is InChI=1S/C13H38O4Si5/c1-13(2)18(14-21(9,10)16-19(3,4)5)15-22(11,12)17-20(6,7)8/h13,18H,1-12H3. The van der Waals surface area contributed by atoms with E-state index in [2.05, 4.69) is 79.3 Å². The van der Waals surface area contributed by atoms with E-state index in [1.165, 1.54) is 0 Å². The molecule has 0 rings (SSSR count). The summed E-state index contributed by atoms with van der Waals surface area (Å²) in [4.78, 5) is 0. The van der Waals surface area contributed by atoms with E-state index in [9.17, 15) is 0 Å². The summed E-state index contributed by atoms with van der Waals surface area (Å²) in [5.41, 5.74) is 0.411. The summed E-state index contributed by atoms with van der Waals surface area (Å²) in [6.07, 6.45) is 0. The summed E-state index contributed by atoms with van der Waals surface area (Å²) in [6.45, 7) is 26.2. The fourth-order valence-electron chi connectivity index (χ4n) is 2.38. The predicted octanol–water partition coefficient (Wildman–Crippen LogP) is 4.76. The zero-order valence-corrected chi connectivity index (χ0v) is 21.9. The van der Waals surface area contributed by atoms with E-state index >= 15 is 0 Å². The molecule has 0 bridgehead atoms. The van der Waals surface area contributed by atoms with Crippen molar-refractivity contribution < 1.29 is 16.5 Å². The maximum Gasteiger partial charge on any atom is 0.312 e. The second kappa shape index (κ2) is 7.87. The molecule has 4 nitrogen and oxygen atoms in total. The van der Waals surface area contributed by atoms with Gasteiger partial charge in [0.15, 0.2) is 16.6 Å². The lowest BCUT2D eigenvalue weighted by molar-refractivity contribution is 0.307. The largest absolute Gasteiger partial charge is 0.437 e.